The van der Waals surface area contributed by atoms with Crippen molar-refractivity contribution in [2.24, 2.45) is 7.05 Å². The Morgan fingerprint density at radius 1 is 1.07 bits per heavy atom. The van der Waals surface area contributed by atoms with Gasteiger partial charge in [0.25, 0.3) is 5.91 Å². The van der Waals surface area contributed by atoms with Crippen LogP contribution in [-0.2, 0) is 11.8 Å². The SMILES string of the molecule is Cn1nc(-c2ccccn2)cc1NC(=O)c1ccccc1N1CCOCC1. The molecule has 0 radical (unpaired) electrons. The minimum Gasteiger partial charge on any atom is -0.378 e. The molecule has 7 heteroatoms. The molecule has 1 N–H and O–H groups in total. The Morgan fingerprint density at radius 2 is 1.85 bits per heavy atom. The van der Waals surface area contributed by atoms with Gasteiger partial charge in [-0.3, -0.25) is 14.5 Å². The highest BCUT2D eigenvalue weighted by atomic mass is 16.5. The van der Waals surface area contributed by atoms with Crippen LogP contribution in [0.25, 0.3) is 11.4 Å². The number of rotatable bonds is 4. The second kappa shape index (κ2) is 7.59. The predicted octanol–water partition coefficient (Wildman–Crippen LogP) is 2.57. The van der Waals surface area contributed by atoms with Crippen molar-refractivity contribution >= 4 is 17.4 Å². The van der Waals surface area contributed by atoms with Crippen LogP contribution in [0.1, 0.15) is 10.4 Å². The Kier molecular flexibility index (Phi) is 4.84. The van der Waals surface area contributed by atoms with Gasteiger partial charge < -0.3 is 15.0 Å². The molecule has 0 aliphatic carbocycles. The highest BCUT2D eigenvalue weighted by Gasteiger charge is 2.19. The van der Waals surface area contributed by atoms with Crippen molar-refractivity contribution < 1.29 is 9.53 Å². The van der Waals surface area contributed by atoms with E-state index < -0.39 is 0 Å². The second-order valence-corrected chi connectivity index (χ2v) is 6.32. The third-order valence-corrected chi connectivity index (χ3v) is 4.55. The normalized spacial score (nSPS) is 14.2. The number of hydrogen-bond acceptors (Lipinski definition) is 5. The monoisotopic (exact) mass is 363 g/mol. The molecular formula is C20H21N5O2. The molecule has 0 saturated carbocycles. The van der Waals surface area contributed by atoms with E-state index in [1.165, 1.54) is 0 Å². The number of hydrogen-bond donors (Lipinski definition) is 1. The number of amides is 1. The number of benzene rings is 1. The van der Waals surface area contributed by atoms with Gasteiger partial charge in [0, 0.05) is 38.1 Å². The highest BCUT2D eigenvalue weighted by Crippen LogP contribution is 2.24. The summed E-state index contributed by atoms with van der Waals surface area (Å²) in [5.41, 5.74) is 3.04. The Hall–Kier alpha value is -3.19. The third-order valence-electron chi connectivity index (χ3n) is 4.55. The Labute approximate surface area is 157 Å². The van der Waals surface area contributed by atoms with Crippen LogP contribution in [0.3, 0.4) is 0 Å². The molecule has 3 aromatic rings. The van der Waals surface area contributed by atoms with E-state index in [-0.39, 0.29) is 5.91 Å². The van der Waals surface area contributed by atoms with Gasteiger partial charge in [-0.1, -0.05) is 18.2 Å². The maximum atomic E-state index is 12.9. The molecule has 3 heterocycles. The maximum Gasteiger partial charge on any atom is 0.258 e. The molecule has 2 aromatic heterocycles. The van der Waals surface area contributed by atoms with Crippen LogP contribution in [-0.4, -0.2) is 47.0 Å². The van der Waals surface area contributed by atoms with E-state index in [1.54, 1.807) is 17.9 Å². The number of anilines is 2. The lowest BCUT2D eigenvalue weighted by Crippen LogP contribution is -2.37. The molecular weight excluding hydrogens is 342 g/mol. The first-order valence-corrected chi connectivity index (χ1v) is 8.91. The van der Waals surface area contributed by atoms with Gasteiger partial charge in [-0.25, -0.2) is 0 Å². The van der Waals surface area contributed by atoms with Crippen molar-refractivity contribution in [2.45, 2.75) is 0 Å². The molecule has 4 rings (SSSR count). The average molecular weight is 363 g/mol. The van der Waals surface area contributed by atoms with Crippen LogP contribution in [0.4, 0.5) is 11.5 Å². The molecule has 27 heavy (non-hydrogen) atoms. The summed E-state index contributed by atoms with van der Waals surface area (Å²) in [5.74, 6) is 0.463. The number of ether oxygens (including phenoxy) is 1. The zero-order valence-corrected chi connectivity index (χ0v) is 15.1. The van der Waals surface area contributed by atoms with Crippen LogP contribution in [0.15, 0.2) is 54.7 Å². The molecule has 1 aliphatic rings. The molecule has 0 bridgehead atoms. The molecule has 0 spiro atoms. The first-order chi connectivity index (χ1) is 13.2. The summed E-state index contributed by atoms with van der Waals surface area (Å²) >= 11 is 0. The smallest absolute Gasteiger partial charge is 0.258 e. The number of nitrogens with zero attached hydrogens (tertiary/aromatic N) is 4. The average Bonchev–Trinajstić information content (AvgIpc) is 3.09. The summed E-state index contributed by atoms with van der Waals surface area (Å²) in [7, 11) is 1.80. The van der Waals surface area contributed by atoms with Crippen molar-refractivity contribution in [3.05, 3.63) is 60.3 Å². The summed E-state index contributed by atoms with van der Waals surface area (Å²) in [5, 5.41) is 7.42. The quantitative estimate of drug-likeness (QED) is 0.771. The lowest BCUT2D eigenvalue weighted by atomic mass is 10.1. The number of carbonyl (C=O) groups excluding carboxylic acids is 1. The fourth-order valence-corrected chi connectivity index (χ4v) is 3.15. The molecule has 1 fully saturated rings. The molecule has 1 aliphatic heterocycles. The molecule has 0 unspecified atom stereocenters. The molecule has 138 valence electrons. The van der Waals surface area contributed by atoms with Gasteiger partial charge in [-0.05, 0) is 24.3 Å². The van der Waals surface area contributed by atoms with E-state index in [0.717, 1.165) is 30.2 Å². The topological polar surface area (TPSA) is 72.3 Å². The number of morpholine rings is 1. The van der Waals surface area contributed by atoms with Crippen LogP contribution < -0.4 is 10.2 Å². The second-order valence-electron chi connectivity index (χ2n) is 6.32. The zero-order valence-electron chi connectivity index (χ0n) is 15.1. The van der Waals surface area contributed by atoms with Gasteiger partial charge in [0.15, 0.2) is 0 Å². The number of para-hydroxylation sites is 1. The highest BCUT2D eigenvalue weighted by molar-refractivity contribution is 6.08. The van der Waals surface area contributed by atoms with Crippen molar-refractivity contribution in [1.82, 2.24) is 14.8 Å². The first kappa shape index (κ1) is 17.2. The van der Waals surface area contributed by atoms with E-state index in [9.17, 15) is 4.79 Å². The first-order valence-electron chi connectivity index (χ1n) is 8.91. The van der Waals surface area contributed by atoms with E-state index in [2.05, 4.69) is 20.3 Å². The number of nitrogens with one attached hydrogen (secondary N) is 1. The minimum absolute atomic E-state index is 0.160. The van der Waals surface area contributed by atoms with Crippen LogP contribution in [0.2, 0.25) is 0 Å². The summed E-state index contributed by atoms with van der Waals surface area (Å²) in [6, 6.07) is 15.1. The predicted molar refractivity (Wildman–Crippen MR) is 104 cm³/mol. The molecule has 1 aromatic carbocycles. The molecule has 1 saturated heterocycles. The molecule has 7 nitrogen and oxygen atoms in total. The van der Waals surface area contributed by atoms with Crippen molar-refractivity contribution in [1.29, 1.82) is 0 Å². The lowest BCUT2D eigenvalue weighted by molar-refractivity contribution is 0.102. The van der Waals surface area contributed by atoms with E-state index in [1.807, 2.05) is 48.5 Å². The van der Waals surface area contributed by atoms with Crippen LogP contribution in [0, 0.1) is 0 Å². The number of carbonyl (C=O) groups is 1. The van der Waals surface area contributed by atoms with Crippen molar-refractivity contribution in [2.75, 3.05) is 36.5 Å². The van der Waals surface area contributed by atoms with E-state index in [4.69, 9.17) is 4.74 Å². The summed E-state index contributed by atoms with van der Waals surface area (Å²) in [6.45, 7) is 2.90. The Bertz CT molecular complexity index is 933. The van der Waals surface area contributed by atoms with Gasteiger partial charge in [-0.15, -0.1) is 0 Å². The number of pyridine rings is 1. The fourth-order valence-electron chi connectivity index (χ4n) is 3.15. The van der Waals surface area contributed by atoms with Crippen LogP contribution >= 0.6 is 0 Å². The fraction of sp³-hybridized carbons (Fsp3) is 0.250. The summed E-state index contributed by atoms with van der Waals surface area (Å²) in [4.78, 5) is 19.4. The van der Waals surface area contributed by atoms with Gasteiger partial charge in [-0.2, -0.15) is 5.10 Å². The van der Waals surface area contributed by atoms with Gasteiger partial charge in [0.05, 0.1) is 24.5 Å². The largest absolute Gasteiger partial charge is 0.378 e. The lowest BCUT2D eigenvalue weighted by Gasteiger charge is -2.30. The molecule has 0 atom stereocenters. The number of aromatic nitrogens is 3. The van der Waals surface area contributed by atoms with Crippen molar-refractivity contribution in [3.63, 3.8) is 0 Å². The third kappa shape index (κ3) is 3.68. The van der Waals surface area contributed by atoms with Gasteiger partial charge in [0.1, 0.15) is 11.5 Å². The van der Waals surface area contributed by atoms with Gasteiger partial charge >= 0.3 is 0 Å². The Balaban J connectivity index is 1.57. The summed E-state index contributed by atoms with van der Waals surface area (Å²) in [6.07, 6.45) is 1.72. The zero-order chi connectivity index (χ0) is 18.6. The standard InChI is InChI=1S/C20H21N5O2/c1-24-19(14-17(23-24)16-7-4-5-9-21-16)22-20(26)15-6-2-3-8-18(15)25-10-12-27-13-11-25/h2-9,14H,10-13H2,1H3,(H,22,26). The van der Waals surface area contributed by atoms with Crippen molar-refractivity contribution in [3.8, 4) is 11.4 Å². The minimum atomic E-state index is -0.160. The summed E-state index contributed by atoms with van der Waals surface area (Å²) < 4.78 is 7.07. The Morgan fingerprint density at radius 3 is 2.63 bits per heavy atom. The van der Waals surface area contributed by atoms with Gasteiger partial charge in [0.2, 0.25) is 0 Å². The van der Waals surface area contributed by atoms with Crippen LogP contribution in [0.5, 0.6) is 0 Å². The molecule has 1 amide bonds. The van der Waals surface area contributed by atoms with E-state index >= 15 is 0 Å². The maximum absolute atomic E-state index is 12.9. The number of aryl methyl sites for hydroxylation is 1. The van der Waals surface area contributed by atoms with E-state index in [0.29, 0.717) is 24.6 Å².